The zero-order valence-electron chi connectivity index (χ0n) is 13.9. The van der Waals surface area contributed by atoms with Crippen LogP contribution in [0.4, 0.5) is 0 Å². The molecule has 0 bridgehead atoms. The molecule has 1 heterocycles. The third-order valence-corrected chi connectivity index (χ3v) is 4.83. The van der Waals surface area contributed by atoms with E-state index in [4.69, 9.17) is 11.1 Å². The van der Waals surface area contributed by atoms with Gasteiger partial charge in [-0.2, -0.15) is 0 Å². The first kappa shape index (κ1) is 17.4. The highest BCUT2D eigenvalue weighted by Crippen LogP contribution is 2.23. The van der Waals surface area contributed by atoms with Gasteiger partial charge in [-0.05, 0) is 45.4 Å². The Morgan fingerprint density at radius 1 is 1.30 bits per heavy atom. The van der Waals surface area contributed by atoms with Gasteiger partial charge in [0.25, 0.3) is 0 Å². The third kappa shape index (κ3) is 5.06. The molecule has 0 aromatic carbocycles. The predicted molar refractivity (Wildman–Crippen MR) is 87.3 cm³/mol. The first-order valence-corrected chi connectivity index (χ1v) is 8.21. The second kappa shape index (κ2) is 7.99. The molecule has 0 saturated carbocycles. The Morgan fingerprint density at radius 3 is 2.50 bits per heavy atom. The quantitative estimate of drug-likeness (QED) is 0.388. The van der Waals surface area contributed by atoms with Crippen molar-refractivity contribution in [2.45, 2.75) is 59.4 Å². The smallest absolute Gasteiger partial charge is 0.0963 e. The van der Waals surface area contributed by atoms with Crippen LogP contribution in [-0.2, 0) is 0 Å². The molecule has 20 heavy (non-hydrogen) atoms. The minimum Gasteiger partial charge on any atom is -0.387 e. The number of amidine groups is 1. The Balaban J connectivity index is 2.20. The molecule has 0 amide bonds. The molecule has 4 nitrogen and oxygen atoms in total. The summed E-state index contributed by atoms with van der Waals surface area (Å²) in [7, 11) is 0. The lowest BCUT2D eigenvalue weighted by molar-refractivity contribution is 0.209. The van der Waals surface area contributed by atoms with Crippen molar-refractivity contribution in [2.24, 2.45) is 11.1 Å². The molecule has 0 aliphatic carbocycles. The molecule has 118 valence electrons. The van der Waals surface area contributed by atoms with Crippen molar-refractivity contribution in [2.75, 3.05) is 32.7 Å². The van der Waals surface area contributed by atoms with Gasteiger partial charge in [0, 0.05) is 18.0 Å². The summed E-state index contributed by atoms with van der Waals surface area (Å²) < 4.78 is 0. The van der Waals surface area contributed by atoms with Gasteiger partial charge < -0.3 is 10.6 Å². The van der Waals surface area contributed by atoms with Gasteiger partial charge in [-0.1, -0.05) is 34.1 Å². The molecule has 1 fully saturated rings. The summed E-state index contributed by atoms with van der Waals surface area (Å²) in [6, 6.07) is 0.763. The van der Waals surface area contributed by atoms with Gasteiger partial charge in [0.2, 0.25) is 0 Å². The highest BCUT2D eigenvalue weighted by Gasteiger charge is 2.26. The second-order valence-electron chi connectivity index (χ2n) is 6.72. The number of hydrogen-bond acceptors (Lipinski definition) is 3. The number of nitrogens with one attached hydrogen (secondary N) is 1. The highest BCUT2D eigenvalue weighted by atomic mass is 15.2. The number of nitrogens with zero attached hydrogens (tertiary/aromatic N) is 2. The zero-order chi connectivity index (χ0) is 15.2. The summed E-state index contributed by atoms with van der Waals surface area (Å²) in [4.78, 5) is 5.18. The standard InChI is InChI=1S/C16H34N4/c1-5-20(6-2)14-9-12-19(13-14)11-8-7-10-16(3,4)15(17)18/h14H,5-13H2,1-4H3,(H3,17,18). The maximum atomic E-state index is 7.58. The normalized spacial score (nSPS) is 20.8. The molecule has 1 unspecified atom stereocenters. The Morgan fingerprint density at radius 2 is 1.95 bits per heavy atom. The van der Waals surface area contributed by atoms with Crippen LogP contribution in [-0.4, -0.2) is 54.4 Å². The van der Waals surface area contributed by atoms with Crippen LogP contribution in [0, 0.1) is 10.8 Å². The molecule has 4 heteroatoms. The van der Waals surface area contributed by atoms with Crippen LogP contribution in [0.1, 0.15) is 53.4 Å². The number of rotatable bonds is 9. The molecule has 1 saturated heterocycles. The Hall–Kier alpha value is -0.610. The molecular formula is C16H34N4. The van der Waals surface area contributed by atoms with Crippen LogP contribution >= 0.6 is 0 Å². The molecule has 0 radical (unpaired) electrons. The van der Waals surface area contributed by atoms with Gasteiger partial charge in [0.1, 0.15) is 0 Å². The van der Waals surface area contributed by atoms with E-state index in [0.717, 1.165) is 12.5 Å². The average molecular weight is 282 g/mol. The molecule has 1 atom stereocenters. The van der Waals surface area contributed by atoms with E-state index in [1.165, 1.54) is 52.0 Å². The van der Waals surface area contributed by atoms with E-state index in [-0.39, 0.29) is 5.41 Å². The van der Waals surface area contributed by atoms with Crippen molar-refractivity contribution in [3.05, 3.63) is 0 Å². The number of nitrogens with two attached hydrogens (primary N) is 1. The van der Waals surface area contributed by atoms with Crippen LogP contribution in [0.15, 0.2) is 0 Å². The summed E-state index contributed by atoms with van der Waals surface area (Å²) in [5.41, 5.74) is 5.49. The van der Waals surface area contributed by atoms with Crippen molar-refractivity contribution >= 4 is 5.84 Å². The van der Waals surface area contributed by atoms with E-state index in [0.29, 0.717) is 5.84 Å². The summed E-state index contributed by atoms with van der Waals surface area (Å²) in [5, 5.41) is 7.58. The maximum absolute atomic E-state index is 7.58. The summed E-state index contributed by atoms with van der Waals surface area (Å²) in [5.74, 6) is 0.320. The van der Waals surface area contributed by atoms with Crippen molar-refractivity contribution in [3.8, 4) is 0 Å². The van der Waals surface area contributed by atoms with Gasteiger partial charge in [0.15, 0.2) is 0 Å². The molecule has 1 rings (SSSR count). The SMILES string of the molecule is CCN(CC)C1CCN(CCCCC(C)(C)C(=N)N)C1. The lowest BCUT2D eigenvalue weighted by atomic mass is 9.86. The molecular weight excluding hydrogens is 248 g/mol. The number of likely N-dealkylation sites (N-methyl/N-ethyl adjacent to an activating group) is 1. The lowest BCUT2D eigenvalue weighted by Crippen LogP contribution is -2.37. The van der Waals surface area contributed by atoms with Crippen LogP contribution in [0.25, 0.3) is 0 Å². The highest BCUT2D eigenvalue weighted by molar-refractivity contribution is 5.82. The topological polar surface area (TPSA) is 56.4 Å². The van der Waals surface area contributed by atoms with E-state index < -0.39 is 0 Å². The Bertz CT molecular complexity index is 297. The fraction of sp³-hybridized carbons (Fsp3) is 0.938. The maximum Gasteiger partial charge on any atom is 0.0963 e. The van der Waals surface area contributed by atoms with E-state index in [9.17, 15) is 0 Å². The van der Waals surface area contributed by atoms with Gasteiger partial charge in [-0.3, -0.25) is 10.3 Å². The Kier molecular flexibility index (Phi) is 6.96. The molecule has 0 aromatic heterocycles. The van der Waals surface area contributed by atoms with Gasteiger partial charge in [-0.25, -0.2) is 0 Å². The van der Waals surface area contributed by atoms with Crippen LogP contribution < -0.4 is 5.73 Å². The van der Waals surface area contributed by atoms with E-state index in [1.54, 1.807) is 0 Å². The van der Waals surface area contributed by atoms with Crippen LogP contribution in [0.2, 0.25) is 0 Å². The van der Waals surface area contributed by atoms with Crippen molar-refractivity contribution in [1.82, 2.24) is 9.80 Å². The van der Waals surface area contributed by atoms with E-state index in [2.05, 4.69) is 37.5 Å². The zero-order valence-corrected chi connectivity index (χ0v) is 13.9. The monoisotopic (exact) mass is 282 g/mol. The minimum atomic E-state index is -0.130. The summed E-state index contributed by atoms with van der Waals surface area (Å²) in [6.45, 7) is 14.7. The molecule has 3 N–H and O–H groups in total. The number of hydrogen-bond donors (Lipinski definition) is 2. The lowest BCUT2D eigenvalue weighted by Gasteiger charge is -2.26. The molecule has 0 aromatic rings. The molecule has 0 spiro atoms. The molecule has 1 aliphatic heterocycles. The Labute approximate surface area is 125 Å². The first-order valence-electron chi connectivity index (χ1n) is 8.21. The summed E-state index contributed by atoms with van der Waals surface area (Å²) in [6.07, 6.45) is 4.73. The van der Waals surface area contributed by atoms with Crippen molar-refractivity contribution in [3.63, 3.8) is 0 Å². The minimum absolute atomic E-state index is 0.130. The predicted octanol–water partition coefficient (Wildman–Crippen LogP) is 2.53. The first-order chi connectivity index (χ1) is 9.40. The second-order valence-corrected chi connectivity index (χ2v) is 6.72. The van der Waals surface area contributed by atoms with Gasteiger partial charge in [0.05, 0.1) is 5.84 Å². The third-order valence-electron chi connectivity index (χ3n) is 4.83. The fourth-order valence-electron chi connectivity index (χ4n) is 3.09. The average Bonchev–Trinajstić information content (AvgIpc) is 2.85. The number of unbranched alkanes of at least 4 members (excludes halogenated alkanes) is 1. The van der Waals surface area contributed by atoms with Crippen LogP contribution in [0.3, 0.4) is 0 Å². The van der Waals surface area contributed by atoms with E-state index in [1.807, 2.05) is 0 Å². The van der Waals surface area contributed by atoms with Crippen molar-refractivity contribution < 1.29 is 0 Å². The summed E-state index contributed by atoms with van der Waals surface area (Å²) >= 11 is 0. The molecule has 1 aliphatic rings. The van der Waals surface area contributed by atoms with Crippen LogP contribution in [0.5, 0.6) is 0 Å². The largest absolute Gasteiger partial charge is 0.387 e. The van der Waals surface area contributed by atoms with E-state index >= 15 is 0 Å². The van der Waals surface area contributed by atoms with Crippen molar-refractivity contribution in [1.29, 1.82) is 5.41 Å². The fourth-order valence-corrected chi connectivity index (χ4v) is 3.09. The van der Waals surface area contributed by atoms with Gasteiger partial charge in [-0.15, -0.1) is 0 Å². The number of likely N-dealkylation sites (tertiary alicyclic amines) is 1. The van der Waals surface area contributed by atoms with Gasteiger partial charge >= 0.3 is 0 Å².